The van der Waals surface area contributed by atoms with Gasteiger partial charge in [-0.1, -0.05) is 67.1 Å². The van der Waals surface area contributed by atoms with Gasteiger partial charge in [0.25, 0.3) is 0 Å². The molecule has 0 saturated carbocycles. The molecule has 2 rings (SSSR count). The first-order chi connectivity index (χ1) is 10.6. The number of hydrogen-bond acceptors (Lipinski definition) is 2. The number of amides is 1. The topological polar surface area (TPSA) is 49.3 Å². The van der Waals surface area contributed by atoms with E-state index in [1.807, 2.05) is 36.4 Å². The number of hydrogen-bond donors (Lipinski definition) is 2. The minimum absolute atomic E-state index is 0.0878. The summed E-state index contributed by atoms with van der Waals surface area (Å²) in [4.78, 5) is 12.0. The molecule has 116 valence electrons. The molecular formula is C19H23NO2. The largest absolute Gasteiger partial charge is 0.388 e. The van der Waals surface area contributed by atoms with E-state index in [0.717, 1.165) is 5.56 Å². The maximum atomic E-state index is 12.0. The SMILES string of the molecule is Cc1cccc(C(C)CNC(=O)CC(O)c2ccccc2)c1. The lowest BCUT2D eigenvalue weighted by Gasteiger charge is -2.15. The van der Waals surface area contributed by atoms with Gasteiger partial charge in [0.15, 0.2) is 0 Å². The van der Waals surface area contributed by atoms with E-state index < -0.39 is 6.10 Å². The van der Waals surface area contributed by atoms with Crippen molar-refractivity contribution in [1.82, 2.24) is 5.32 Å². The molecule has 0 aliphatic rings. The standard InChI is InChI=1S/C19H23NO2/c1-14-7-6-10-17(11-14)15(2)13-20-19(22)12-18(21)16-8-4-3-5-9-16/h3-11,15,18,21H,12-13H2,1-2H3,(H,20,22). The quantitative estimate of drug-likeness (QED) is 0.859. The van der Waals surface area contributed by atoms with Crippen LogP contribution in [0.25, 0.3) is 0 Å². The lowest BCUT2D eigenvalue weighted by atomic mass is 9.99. The van der Waals surface area contributed by atoms with Crippen molar-refractivity contribution in [3.8, 4) is 0 Å². The number of rotatable bonds is 6. The van der Waals surface area contributed by atoms with E-state index >= 15 is 0 Å². The van der Waals surface area contributed by atoms with Crippen LogP contribution in [0.5, 0.6) is 0 Å². The zero-order valence-corrected chi connectivity index (χ0v) is 13.1. The van der Waals surface area contributed by atoms with Crippen LogP contribution in [0.4, 0.5) is 0 Å². The summed E-state index contributed by atoms with van der Waals surface area (Å²) in [6.07, 6.45) is -0.666. The third kappa shape index (κ3) is 4.71. The molecule has 22 heavy (non-hydrogen) atoms. The summed E-state index contributed by atoms with van der Waals surface area (Å²) in [5.41, 5.74) is 3.20. The summed E-state index contributed by atoms with van der Waals surface area (Å²) in [5, 5.41) is 13.0. The second kappa shape index (κ2) is 7.76. The Kier molecular flexibility index (Phi) is 5.73. The first-order valence-electron chi connectivity index (χ1n) is 7.62. The highest BCUT2D eigenvalue weighted by Gasteiger charge is 2.13. The average molecular weight is 297 g/mol. The van der Waals surface area contributed by atoms with Crippen LogP contribution in [0.3, 0.4) is 0 Å². The molecule has 2 aromatic carbocycles. The first kappa shape index (κ1) is 16.2. The molecule has 0 saturated heterocycles. The second-order valence-corrected chi connectivity index (χ2v) is 5.75. The highest BCUT2D eigenvalue weighted by Crippen LogP contribution is 2.17. The lowest BCUT2D eigenvalue weighted by molar-refractivity contribution is -0.123. The molecule has 0 heterocycles. The van der Waals surface area contributed by atoms with Crippen molar-refractivity contribution in [2.75, 3.05) is 6.54 Å². The summed E-state index contributed by atoms with van der Waals surface area (Å²) in [5.74, 6) is 0.119. The van der Waals surface area contributed by atoms with Gasteiger partial charge < -0.3 is 10.4 Å². The van der Waals surface area contributed by atoms with Crippen LogP contribution >= 0.6 is 0 Å². The van der Waals surface area contributed by atoms with Crippen LogP contribution in [0.2, 0.25) is 0 Å². The molecule has 2 aromatic rings. The molecule has 2 atom stereocenters. The molecule has 3 heteroatoms. The maximum absolute atomic E-state index is 12.0. The molecular weight excluding hydrogens is 274 g/mol. The number of benzene rings is 2. The fourth-order valence-corrected chi connectivity index (χ4v) is 2.40. The Bertz CT molecular complexity index is 610. The number of aliphatic hydroxyl groups is 1. The van der Waals surface area contributed by atoms with E-state index in [9.17, 15) is 9.90 Å². The maximum Gasteiger partial charge on any atom is 0.222 e. The molecule has 2 unspecified atom stereocenters. The molecule has 0 radical (unpaired) electrons. The Morgan fingerprint density at radius 2 is 1.77 bits per heavy atom. The Labute approximate surface area is 132 Å². The molecule has 0 bridgehead atoms. The van der Waals surface area contributed by atoms with E-state index in [2.05, 4.69) is 37.4 Å². The fourth-order valence-electron chi connectivity index (χ4n) is 2.40. The van der Waals surface area contributed by atoms with Gasteiger partial charge >= 0.3 is 0 Å². The van der Waals surface area contributed by atoms with Crippen molar-refractivity contribution in [2.45, 2.75) is 32.3 Å². The molecule has 0 aliphatic heterocycles. The van der Waals surface area contributed by atoms with Gasteiger partial charge in [0.1, 0.15) is 0 Å². The summed E-state index contributed by atoms with van der Waals surface area (Å²) in [6.45, 7) is 4.72. The summed E-state index contributed by atoms with van der Waals surface area (Å²) in [7, 11) is 0. The number of carbonyl (C=O) groups is 1. The summed E-state index contributed by atoms with van der Waals surface area (Å²) >= 11 is 0. The molecule has 1 amide bonds. The van der Waals surface area contributed by atoms with Gasteiger partial charge in [-0.25, -0.2) is 0 Å². The van der Waals surface area contributed by atoms with Crippen molar-refractivity contribution in [2.24, 2.45) is 0 Å². The smallest absolute Gasteiger partial charge is 0.222 e. The van der Waals surface area contributed by atoms with Gasteiger partial charge in [0.05, 0.1) is 12.5 Å². The van der Waals surface area contributed by atoms with Crippen molar-refractivity contribution >= 4 is 5.91 Å². The van der Waals surface area contributed by atoms with Gasteiger partial charge in [0.2, 0.25) is 5.91 Å². The predicted octanol–water partition coefficient (Wildman–Crippen LogP) is 3.34. The third-order valence-corrected chi connectivity index (χ3v) is 3.78. The predicted molar refractivity (Wildman–Crippen MR) is 88.6 cm³/mol. The molecule has 0 aromatic heterocycles. The van der Waals surface area contributed by atoms with E-state index in [1.165, 1.54) is 11.1 Å². The summed E-state index contributed by atoms with van der Waals surface area (Å²) in [6, 6.07) is 17.6. The minimum Gasteiger partial charge on any atom is -0.388 e. The number of carbonyl (C=O) groups excluding carboxylic acids is 1. The average Bonchev–Trinajstić information content (AvgIpc) is 2.53. The van der Waals surface area contributed by atoms with Crippen LogP contribution < -0.4 is 5.32 Å². The van der Waals surface area contributed by atoms with Crippen molar-refractivity contribution in [1.29, 1.82) is 0 Å². The Balaban J connectivity index is 1.82. The molecule has 2 N–H and O–H groups in total. The van der Waals surface area contributed by atoms with Crippen LogP contribution in [-0.4, -0.2) is 17.6 Å². The van der Waals surface area contributed by atoms with Crippen LogP contribution in [-0.2, 0) is 4.79 Å². The number of nitrogens with one attached hydrogen (secondary N) is 1. The van der Waals surface area contributed by atoms with Gasteiger partial charge in [-0.15, -0.1) is 0 Å². The zero-order chi connectivity index (χ0) is 15.9. The van der Waals surface area contributed by atoms with Gasteiger partial charge in [0, 0.05) is 6.54 Å². The van der Waals surface area contributed by atoms with Crippen LogP contribution in [0.15, 0.2) is 54.6 Å². The Hall–Kier alpha value is -2.13. The highest BCUT2D eigenvalue weighted by molar-refractivity contribution is 5.76. The monoisotopic (exact) mass is 297 g/mol. The van der Waals surface area contributed by atoms with Crippen molar-refractivity contribution in [3.05, 3.63) is 71.3 Å². The van der Waals surface area contributed by atoms with E-state index in [0.29, 0.717) is 6.54 Å². The van der Waals surface area contributed by atoms with Crippen molar-refractivity contribution in [3.63, 3.8) is 0 Å². The van der Waals surface area contributed by atoms with Gasteiger partial charge in [-0.05, 0) is 24.0 Å². The van der Waals surface area contributed by atoms with Crippen molar-refractivity contribution < 1.29 is 9.90 Å². The van der Waals surface area contributed by atoms with E-state index in [1.54, 1.807) is 0 Å². The van der Waals surface area contributed by atoms with E-state index in [4.69, 9.17) is 0 Å². The number of aryl methyl sites for hydroxylation is 1. The zero-order valence-electron chi connectivity index (χ0n) is 13.1. The van der Waals surface area contributed by atoms with Crippen LogP contribution in [0, 0.1) is 6.92 Å². The van der Waals surface area contributed by atoms with Crippen LogP contribution in [0.1, 0.15) is 42.1 Å². The Morgan fingerprint density at radius 3 is 2.45 bits per heavy atom. The highest BCUT2D eigenvalue weighted by atomic mass is 16.3. The third-order valence-electron chi connectivity index (χ3n) is 3.78. The minimum atomic E-state index is -0.754. The van der Waals surface area contributed by atoms with Gasteiger partial charge in [-0.3, -0.25) is 4.79 Å². The fraction of sp³-hybridized carbons (Fsp3) is 0.316. The normalized spacial score (nSPS) is 13.4. The lowest BCUT2D eigenvalue weighted by Crippen LogP contribution is -2.28. The molecule has 0 aliphatic carbocycles. The first-order valence-corrected chi connectivity index (χ1v) is 7.62. The summed E-state index contributed by atoms with van der Waals surface area (Å²) < 4.78 is 0. The number of aliphatic hydroxyl groups excluding tert-OH is 1. The molecule has 0 fully saturated rings. The van der Waals surface area contributed by atoms with E-state index in [-0.39, 0.29) is 18.2 Å². The van der Waals surface area contributed by atoms with Gasteiger partial charge in [-0.2, -0.15) is 0 Å². The molecule has 0 spiro atoms. The Morgan fingerprint density at radius 1 is 1.09 bits per heavy atom. The second-order valence-electron chi connectivity index (χ2n) is 5.75. The molecule has 3 nitrogen and oxygen atoms in total.